The summed E-state index contributed by atoms with van der Waals surface area (Å²) in [6, 6.07) is 48.6. The molecule has 0 spiro atoms. The highest BCUT2D eigenvalue weighted by Gasteiger charge is 2.50. The van der Waals surface area contributed by atoms with E-state index in [4.69, 9.17) is 8.83 Å². The van der Waals surface area contributed by atoms with Gasteiger partial charge in [-0.1, -0.05) is 120 Å². The van der Waals surface area contributed by atoms with Crippen LogP contribution in [0.2, 0.25) is 0 Å². The molecular weight excluding hydrogens is 659 g/mol. The Hall–Kier alpha value is -5.94. The fourth-order valence-corrected chi connectivity index (χ4v) is 8.69. The monoisotopic (exact) mass is 702 g/mol. The topological polar surface area (TPSA) is 32.8 Å². The van der Waals surface area contributed by atoms with Crippen molar-refractivity contribution in [3.8, 4) is 11.1 Å². The van der Waals surface area contributed by atoms with E-state index >= 15 is 0 Å². The molecule has 4 heterocycles. The largest absolute Gasteiger partial charge is 0.468 e. The van der Waals surface area contributed by atoms with E-state index in [1.807, 2.05) is 0 Å². The molecule has 8 aromatic rings. The maximum atomic E-state index is 7.05. The number of benzene rings is 6. The Balaban J connectivity index is 1.28. The molecule has 264 valence electrons. The zero-order valence-electron chi connectivity index (χ0n) is 32.0. The summed E-state index contributed by atoms with van der Waals surface area (Å²) < 4.78 is 14.1. The maximum Gasteiger partial charge on any atom is 0.342 e. The van der Waals surface area contributed by atoms with Crippen molar-refractivity contribution in [2.24, 2.45) is 0 Å². The molecule has 4 nitrogen and oxygen atoms in total. The number of fused-ring (bicyclic) bond motifs is 8. The van der Waals surface area contributed by atoms with Crippen LogP contribution in [0.4, 0.5) is 34.1 Å². The zero-order valence-corrected chi connectivity index (χ0v) is 32.0. The van der Waals surface area contributed by atoms with Gasteiger partial charge in [0.15, 0.2) is 0 Å². The molecule has 0 saturated carbocycles. The predicted molar refractivity (Wildman–Crippen MR) is 228 cm³/mol. The zero-order chi connectivity index (χ0) is 37.1. The van der Waals surface area contributed by atoms with Gasteiger partial charge in [-0.3, -0.25) is 0 Å². The number of rotatable bonds is 3. The molecule has 0 aliphatic carbocycles. The van der Waals surface area contributed by atoms with Gasteiger partial charge in [-0.15, -0.1) is 0 Å². The van der Waals surface area contributed by atoms with Gasteiger partial charge in [-0.2, -0.15) is 0 Å². The molecule has 2 aliphatic heterocycles. The minimum atomic E-state index is -0.250. The summed E-state index contributed by atoms with van der Waals surface area (Å²) in [5, 5.41) is 2.17. The molecule has 0 atom stereocenters. The second-order valence-electron chi connectivity index (χ2n) is 17.1. The third-order valence-corrected chi connectivity index (χ3v) is 11.4. The van der Waals surface area contributed by atoms with Gasteiger partial charge < -0.3 is 18.6 Å². The van der Waals surface area contributed by atoms with E-state index in [1.165, 1.54) is 27.7 Å². The van der Waals surface area contributed by atoms with Crippen LogP contribution < -0.4 is 26.6 Å². The molecule has 5 heteroatoms. The van der Waals surface area contributed by atoms with Gasteiger partial charge in [-0.05, 0) is 100 Å². The second-order valence-corrected chi connectivity index (χ2v) is 17.1. The van der Waals surface area contributed by atoms with Crippen LogP contribution >= 0.6 is 0 Å². The van der Waals surface area contributed by atoms with Crippen molar-refractivity contribution in [3.05, 3.63) is 150 Å². The van der Waals surface area contributed by atoms with Crippen molar-refractivity contribution in [3.63, 3.8) is 0 Å². The normalized spacial score (nSPS) is 13.7. The Bertz CT molecular complexity index is 2760. The van der Waals surface area contributed by atoms with E-state index in [-0.39, 0.29) is 17.5 Å². The summed E-state index contributed by atoms with van der Waals surface area (Å²) in [4.78, 5) is 4.89. The second kappa shape index (κ2) is 11.5. The first-order valence-electron chi connectivity index (χ1n) is 19.1. The van der Waals surface area contributed by atoms with Gasteiger partial charge >= 0.3 is 6.71 Å². The first kappa shape index (κ1) is 32.7. The average Bonchev–Trinajstić information content (AvgIpc) is 3.73. The molecule has 6 aromatic carbocycles. The van der Waals surface area contributed by atoms with Gasteiger partial charge in [0.1, 0.15) is 22.5 Å². The SMILES string of the molecule is Cc1cc2c3c(c1)N(c1ccccc1-c1ccc(C(C)(C)C)cc1)c1c(oc4ccccc14)B3c1oc3ccccc3c1N2c1ccc(C(C)(C)C)cc1. The molecule has 0 radical (unpaired) electrons. The Morgan fingerprint density at radius 3 is 1.56 bits per heavy atom. The number of furan rings is 2. The summed E-state index contributed by atoms with van der Waals surface area (Å²) >= 11 is 0. The standard InChI is InChI=1S/C49H43BN2O2/c1-30-28-39-43-40(29-30)52(38-17-11-8-14-35(38)31-20-22-32(23-21-31)48(2,3)4)45-37-16-10-13-19-42(37)54-47(45)50(43)46-44(36-15-9-12-18-41(36)53-46)51(39)34-26-24-33(25-27-34)49(5,6)7/h8-29H,1-7H3. The van der Waals surface area contributed by atoms with E-state index in [9.17, 15) is 0 Å². The molecule has 2 aliphatic rings. The Kier molecular flexibility index (Phi) is 6.98. The van der Waals surface area contributed by atoms with Crippen LogP contribution in [0.15, 0.2) is 142 Å². The summed E-state index contributed by atoms with van der Waals surface area (Å²) in [7, 11) is 0. The number of hydrogen-bond acceptors (Lipinski definition) is 4. The van der Waals surface area contributed by atoms with Gasteiger partial charge in [0.25, 0.3) is 0 Å². The van der Waals surface area contributed by atoms with Crippen LogP contribution in [0.5, 0.6) is 0 Å². The van der Waals surface area contributed by atoms with Crippen LogP contribution in [0.3, 0.4) is 0 Å². The van der Waals surface area contributed by atoms with Crippen LogP contribution in [-0.2, 0) is 10.8 Å². The lowest BCUT2D eigenvalue weighted by Gasteiger charge is -2.41. The van der Waals surface area contributed by atoms with Gasteiger partial charge in [0.05, 0.1) is 17.1 Å². The van der Waals surface area contributed by atoms with Crippen LogP contribution in [0, 0.1) is 6.92 Å². The first-order chi connectivity index (χ1) is 26.0. The van der Waals surface area contributed by atoms with Crippen molar-refractivity contribution in [1.29, 1.82) is 0 Å². The number of nitrogens with zero attached hydrogens (tertiary/aromatic N) is 2. The molecule has 0 unspecified atom stereocenters. The highest BCUT2D eigenvalue weighted by atomic mass is 16.3. The van der Waals surface area contributed by atoms with E-state index in [2.05, 4.69) is 192 Å². The number of anilines is 6. The van der Waals surface area contributed by atoms with Gasteiger partial charge in [0.2, 0.25) is 0 Å². The summed E-state index contributed by atoms with van der Waals surface area (Å²) in [5.41, 5.74) is 17.6. The third-order valence-electron chi connectivity index (χ3n) is 11.4. The Morgan fingerprint density at radius 1 is 0.500 bits per heavy atom. The third kappa shape index (κ3) is 4.84. The molecule has 0 bridgehead atoms. The lowest BCUT2D eigenvalue weighted by Crippen LogP contribution is -2.60. The molecule has 10 rings (SSSR count). The molecule has 0 amide bonds. The predicted octanol–water partition coefficient (Wildman–Crippen LogP) is 11.8. The lowest BCUT2D eigenvalue weighted by atomic mass is 9.37. The lowest BCUT2D eigenvalue weighted by molar-refractivity contribution is 0.590. The van der Waals surface area contributed by atoms with Crippen molar-refractivity contribution in [2.75, 3.05) is 9.80 Å². The first-order valence-corrected chi connectivity index (χ1v) is 19.1. The summed E-state index contributed by atoms with van der Waals surface area (Å²) in [6.45, 7) is 15.6. The van der Waals surface area contributed by atoms with E-state index in [0.29, 0.717) is 0 Å². The van der Waals surface area contributed by atoms with Crippen molar-refractivity contribution in [1.82, 2.24) is 0 Å². The molecule has 54 heavy (non-hydrogen) atoms. The average molecular weight is 703 g/mol. The van der Waals surface area contributed by atoms with Crippen molar-refractivity contribution in [2.45, 2.75) is 59.3 Å². The summed E-state index contributed by atoms with van der Waals surface area (Å²) in [5.74, 6) is 0. The molecule has 0 saturated heterocycles. The summed E-state index contributed by atoms with van der Waals surface area (Å²) in [6.07, 6.45) is 0. The fraction of sp³-hybridized carbons (Fsp3) is 0.184. The minimum absolute atomic E-state index is 0.0418. The molecule has 0 fully saturated rings. The number of aryl methyl sites for hydroxylation is 1. The van der Waals surface area contributed by atoms with Crippen LogP contribution in [0.25, 0.3) is 33.1 Å². The quantitative estimate of drug-likeness (QED) is 0.172. The Labute approximate surface area is 317 Å². The van der Waals surface area contributed by atoms with Gasteiger partial charge in [-0.25, -0.2) is 0 Å². The van der Waals surface area contributed by atoms with Crippen molar-refractivity contribution >= 4 is 79.6 Å². The Morgan fingerprint density at radius 2 is 0.981 bits per heavy atom. The molecule has 2 aromatic heterocycles. The number of para-hydroxylation sites is 3. The number of hydrogen-bond donors (Lipinski definition) is 0. The molecule has 0 N–H and O–H groups in total. The molecular formula is C49H43BN2O2. The van der Waals surface area contributed by atoms with E-state index < -0.39 is 0 Å². The van der Waals surface area contributed by atoms with Crippen LogP contribution in [-0.4, -0.2) is 6.71 Å². The van der Waals surface area contributed by atoms with Crippen molar-refractivity contribution < 1.29 is 8.83 Å². The van der Waals surface area contributed by atoms with Gasteiger partial charge in [0, 0.05) is 33.4 Å². The van der Waals surface area contributed by atoms with Crippen LogP contribution in [0.1, 0.15) is 58.2 Å². The highest BCUT2D eigenvalue weighted by Crippen LogP contribution is 2.50. The highest BCUT2D eigenvalue weighted by molar-refractivity contribution is 6.99. The van der Waals surface area contributed by atoms with E-state index in [0.717, 1.165) is 72.9 Å². The maximum absolute atomic E-state index is 7.05. The smallest absolute Gasteiger partial charge is 0.342 e. The van der Waals surface area contributed by atoms with E-state index in [1.54, 1.807) is 0 Å². The fourth-order valence-electron chi connectivity index (χ4n) is 8.69. The minimum Gasteiger partial charge on any atom is -0.468 e.